The Bertz CT molecular complexity index is 937. The topological polar surface area (TPSA) is 42.2 Å². The first kappa shape index (κ1) is 17.3. The molecule has 0 amide bonds. The van der Waals surface area contributed by atoms with Gasteiger partial charge in [-0.15, -0.1) is 0 Å². The van der Waals surface area contributed by atoms with E-state index in [4.69, 9.17) is 9.31 Å². The molecule has 0 spiro atoms. The zero-order valence-corrected chi connectivity index (χ0v) is 16.3. The van der Waals surface area contributed by atoms with Crippen LogP contribution in [0.3, 0.4) is 0 Å². The van der Waals surface area contributed by atoms with Crippen molar-refractivity contribution < 1.29 is 9.31 Å². The maximum Gasteiger partial charge on any atom is 0.495 e. The number of benzene rings is 2. The lowest BCUT2D eigenvalue weighted by molar-refractivity contribution is 0.00578. The van der Waals surface area contributed by atoms with Gasteiger partial charge in [0.2, 0.25) is 0 Å². The number of rotatable bonds is 1. The SMILES string of the molecule is CC1(C)c2cc(C#N)ccc2-c2c(B3OC(C)(C)C(C)(C)O3)cccc21. The monoisotopic (exact) mass is 345 g/mol. The first-order valence-electron chi connectivity index (χ1n) is 9.12. The molecule has 0 atom stereocenters. The summed E-state index contributed by atoms with van der Waals surface area (Å²) in [5, 5.41) is 9.31. The lowest BCUT2D eigenvalue weighted by atomic mass is 9.73. The fraction of sp³-hybridized carbons (Fsp3) is 0.409. The van der Waals surface area contributed by atoms with Crippen LogP contribution in [0.1, 0.15) is 58.2 Å². The van der Waals surface area contributed by atoms with Gasteiger partial charge in [-0.2, -0.15) is 5.26 Å². The Hall–Kier alpha value is -2.09. The molecule has 1 aliphatic carbocycles. The van der Waals surface area contributed by atoms with Crippen molar-refractivity contribution >= 4 is 12.6 Å². The Kier molecular flexibility index (Phi) is 3.48. The number of hydrogen-bond acceptors (Lipinski definition) is 3. The molecule has 0 unspecified atom stereocenters. The average molecular weight is 345 g/mol. The van der Waals surface area contributed by atoms with E-state index in [1.807, 2.05) is 12.1 Å². The standard InChI is InChI=1S/C22H24BNO2/c1-20(2)16-8-7-9-18(23-25-21(3,4)22(5,6)26-23)19(16)15-11-10-14(13-24)12-17(15)20/h7-12H,1-6H3. The molecule has 1 heterocycles. The van der Waals surface area contributed by atoms with Crippen LogP contribution < -0.4 is 5.46 Å². The van der Waals surface area contributed by atoms with Crippen molar-refractivity contribution in [1.29, 1.82) is 5.26 Å². The van der Waals surface area contributed by atoms with Crippen LogP contribution in [-0.4, -0.2) is 18.3 Å². The maximum atomic E-state index is 9.31. The van der Waals surface area contributed by atoms with Gasteiger partial charge in [-0.25, -0.2) is 0 Å². The molecule has 3 nitrogen and oxygen atoms in total. The summed E-state index contributed by atoms with van der Waals surface area (Å²) in [7, 11) is -0.396. The van der Waals surface area contributed by atoms with Crippen LogP contribution in [0.15, 0.2) is 36.4 Å². The summed E-state index contributed by atoms with van der Waals surface area (Å²) in [5.74, 6) is 0. The number of fused-ring (bicyclic) bond motifs is 3. The van der Waals surface area contributed by atoms with Gasteiger partial charge in [0, 0.05) is 5.41 Å². The molecule has 0 radical (unpaired) electrons. The van der Waals surface area contributed by atoms with Crippen LogP contribution in [0.5, 0.6) is 0 Å². The van der Waals surface area contributed by atoms with Crippen molar-refractivity contribution in [1.82, 2.24) is 0 Å². The molecule has 0 N–H and O–H groups in total. The summed E-state index contributed by atoms with van der Waals surface area (Å²) in [6, 6.07) is 14.6. The van der Waals surface area contributed by atoms with Crippen LogP contribution in [0, 0.1) is 11.3 Å². The fourth-order valence-electron chi connectivity index (χ4n) is 4.05. The molecule has 4 rings (SSSR count). The Morgan fingerprint density at radius 2 is 1.54 bits per heavy atom. The molecular formula is C22H24BNO2. The molecule has 0 aromatic heterocycles. The Balaban J connectivity index is 1.91. The van der Waals surface area contributed by atoms with Crippen molar-refractivity contribution in [2.75, 3.05) is 0 Å². The zero-order valence-electron chi connectivity index (χ0n) is 16.3. The number of nitriles is 1. The van der Waals surface area contributed by atoms with E-state index >= 15 is 0 Å². The van der Waals surface area contributed by atoms with E-state index in [1.54, 1.807) is 0 Å². The van der Waals surface area contributed by atoms with Crippen LogP contribution in [0.25, 0.3) is 11.1 Å². The van der Waals surface area contributed by atoms with Crippen LogP contribution in [-0.2, 0) is 14.7 Å². The normalized spacial score (nSPS) is 21.2. The molecule has 0 saturated carbocycles. The predicted octanol–water partition coefficient (Wildman–Crippen LogP) is 4.16. The molecule has 26 heavy (non-hydrogen) atoms. The van der Waals surface area contributed by atoms with Gasteiger partial charge in [-0.3, -0.25) is 0 Å². The van der Waals surface area contributed by atoms with E-state index in [0.29, 0.717) is 5.56 Å². The molecule has 2 aliphatic rings. The van der Waals surface area contributed by atoms with Crippen molar-refractivity contribution in [2.24, 2.45) is 0 Å². The highest BCUT2D eigenvalue weighted by Crippen LogP contribution is 2.49. The van der Waals surface area contributed by atoms with Crippen molar-refractivity contribution in [3.8, 4) is 17.2 Å². The summed E-state index contributed by atoms with van der Waals surface area (Å²) in [5.41, 5.74) is 5.68. The zero-order chi connectivity index (χ0) is 18.9. The summed E-state index contributed by atoms with van der Waals surface area (Å²) >= 11 is 0. The molecular weight excluding hydrogens is 321 g/mol. The third kappa shape index (κ3) is 2.21. The van der Waals surface area contributed by atoms with Gasteiger partial charge in [-0.05, 0) is 67.5 Å². The van der Waals surface area contributed by atoms with E-state index < -0.39 is 7.12 Å². The Morgan fingerprint density at radius 1 is 0.885 bits per heavy atom. The van der Waals surface area contributed by atoms with Gasteiger partial charge in [0.1, 0.15) is 0 Å². The summed E-state index contributed by atoms with van der Waals surface area (Å²) in [6.45, 7) is 12.7. The number of nitrogens with zero attached hydrogens (tertiary/aromatic N) is 1. The Labute approximate surface area is 156 Å². The minimum atomic E-state index is -0.396. The van der Waals surface area contributed by atoms with Gasteiger partial charge < -0.3 is 9.31 Å². The molecule has 1 aliphatic heterocycles. The van der Waals surface area contributed by atoms with Gasteiger partial charge in [0.15, 0.2) is 0 Å². The summed E-state index contributed by atoms with van der Waals surface area (Å²) in [4.78, 5) is 0. The molecule has 0 bridgehead atoms. The van der Waals surface area contributed by atoms with E-state index in [0.717, 1.165) is 5.46 Å². The van der Waals surface area contributed by atoms with E-state index in [1.165, 1.54) is 22.3 Å². The van der Waals surface area contributed by atoms with Gasteiger partial charge in [-0.1, -0.05) is 38.1 Å². The van der Waals surface area contributed by atoms with Crippen molar-refractivity contribution in [3.63, 3.8) is 0 Å². The minimum absolute atomic E-state index is 0.156. The first-order valence-corrected chi connectivity index (χ1v) is 9.12. The molecule has 2 aromatic carbocycles. The minimum Gasteiger partial charge on any atom is -0.399 e. The quantitative estimate of drug-likeness (QED) is 0.729. The highest BCUT2D eigenvalue weighted by atomic mass is 16.7. The van der Waals surface area contributed by atoms with E-state index in [-0.39, 0.29) is 16.6 Å². The second-order valence-corrected chi connectivity index (χ2v) is 8.86. The van der Waals surface area contributed by atoms with Gasteiger partial charge >= 0.3 is 7.12 Å². The highest BCUT2D eigenvalue weighted by Gasteiger charge is 2.53. The highest BCUT2D eigenvalue weighted by molar-refractivity contribution is 6.64. The molecule has 1 saturated heterocycles. The van der Waals surface area contributed by atoms with Gasteiger partial charge in [0.05, 0.1) is 22.8 Å². The second kappa shape index (κ2) is 5.22. The average Bonchev–Trinajstić information content (AvgIpc) is 2.94. The fourth-order valence-corrected chi connectivity index (χ4v) is 4.05. The third-order valence-corrected chi connectivity index (χ3v) is 6.37. The van der Waals surface area contributed by atoms with E-state index in [2.05, 4.69) is 71.9 Å². The van der Waals surface area contributed by atoms with Crippen LogP contribution >= 0.6 is 0 Å². The first-order chi connectivity index (χ1) is 12.1. The van der Waals surface area contributed by atoms with Crippen LogP contribution in [0.2, 0.25) is 0 Å². The Morgan fingerprint density at radius 3 is 2.15 bits per heavy atom. The van der Waals surface area contributed by atoms with Crippen molar-refractivity contribution in [3.05, 3.63) is 53.1 Å². The molecule has 132 valence electrons. The summed E-state index contributed by atoms with van der Waals surface area (Å²) in [6.07, 6.45) is 0. The van der Waals surface area contributed by atoms with Crippen molar-refractivity contribution in [2.45, 2.75) is 58.2 Å². The molecule has 4 heteroatoms. The largest absolute Gasteiger partial charge is 0.495 e. The molecule has 1 fully saturated rings. The maximum absolute atomic E-state index is 9.31. The third-order valence-electron chi connectivity index (χ3n) is 6.37. The van der Waals surface area contributed by atoms with E-state index in [9.17, 15) is 5.26 Å². The number of hydrogen-bond donors (Lipinski definition) is 0. The van der Waals surface area contributed by atoms with Gasteiger partial charge in [0.25, 0.3) is 0 Å². The molecule has 2 aromatic rings. The lowest BCUT2D eigenvalue weighted by Gasteiger charge is -2.32. The van der Waals surface area contributed by atoms with Crippen LogP contribution in [0.4, 0.5) is 0 Å². The summed E-state index contributed by atoms with van der Waals surface area (Å²) < 4.78 is 12.7. The predicted molar refractivity (Wildman–Crippen MR) is 104 cm³/mol. The lowest BCUT2D eigenvalue weighted by Crippen LogP contribution is -2.41. The smallest absolute Gasteiger partial charge is 0.399 e. The second-order valence-electron chi connectivity index (χ2n) is 8.86.